The zero-order valence-electron chi connectivity index (χ0n) is 10.9. The van der Waals surface area contributed by atoms with Gasteiger partial charge in [-0.3, -0.25) is 0 Å². The topological polar surface area (TPSA) is 30.5 Å². The van der Waals surface area contributed by atoms with E-state index in [1.807, 2.05) is 24.3 Å². The third kappa shape index (κ3) is 4.08. The molecule has 1 unspecified atom stereocenters. The number of rotatable bonds is 6. The van der Waals surface area contributed by atoms with E-state index < -0.39 is 0 Å². The second kappa shape index (κ2) is 7.07. The minimum absolute atomic E-state index is 0.620. The highest BCUT2D eigenvalue weighted by Gasteiger charge is 2.07. The first kappa shape index (κ1) is 13.0. The minimum Gasteiger partial charge on any atom is -0.497 e. The van der Waals surface area contributed by atoms with Crippen LogP contribution >= 0.6 is 0 Å². The zero-order valence-corrected chi connectivity index (χ0v) is 10.9. The maximum absolute atomic E-state index is 5.66. The predicted molar refractivity (Wildman–Crippen MR) is 73.3 cm³/mol. The van der Waals surface area contributed by atoms with Crippen molar-refractivity contribution in [2.75, 3.05) is 20.3 Å². The second-order valence-electron chi connectivity index (χ2n) is 4.46. The van der Waals surface area contributed by atoms with E-state index in [9.17, 15) is 0 Å². The van der Waals surface area contributed by atoms with Gasteiger partial charge in [-0.1, -0.05) is 12.2 Å². The molecule has 1 atom stereocenters. The van der Waals surface area contributed by atoms with Gasteiger partial charge < -0.3 is 14.8 Å². The highest BCUT2D eigenvalue weighted by atomic mass is 16.5. The lowest BCUT2D eigenvalue weighted by molar-refractivity contribution is 0.301. The Hall–Kier alpha value is -1.48. The molecule has 0 radical (unpaired) electrons. The van der Waals surface area contributed by atoms with Crippen molar-refractivity contribution in [2.24, 2.45) is 0 Å². The average Bonchev–Trinajstić information content (AvgIpc) is 2.45. The van der Waals surface area contributed by atoms with Crippen LogP contribution in [0.3, 0.4) is 0 Å². The van der Waals surface area contributed by atoms with Crippen molar-refractivity contribution in [1.29, 1.82) is 0 Å². The molecule has 1 aliphatic rings. The molecule has 0 spiro atoms. The summed E-state index contributed by atoms with van der Waals surface area (Å²) in [6.07, 6.45) is 8.08. The van der Waals surface area contributed by atoms with Crippen molar-refractivity contribution >= 4 is 0 Å². The fourth-order valence-electron chi connectivity index (χ4n) is 2.08. The standard InChI is InChI=1S/C15H21NO2/c1-17-14-7-9-15(10-8-14)18-12-11-16-13-5-3-2-4-6-13/h2-3,7-10,13,16H,4-6,11-12H2,1H3. The summed E-state index contributed by atoms with van der Waals surface area (Å²) < 4.78 is 10.8. The summed E-state index contributed by atoms with van der Waals surface area (Å²) in [6.45, 7) is 1.59. The van der Waals surface area contributed by atoms with Gasteiger partial charge in [0, 0.05) is 12.6 Å². The first-order valence-electron chi connectivity index (χ1n) is 6.54. The van der Waals surface area contributed by atoms with E-state index >= 15 is 0 Å². The zero-order chi connectivity index (χ0) is 12.6. The Kier molecular flexibility index (Phi) is 5.09. The Morgan fingerprint density at radius 3 is 2.61 bits per heavy atom. The molecule has 1 aliphatic carbocycles. The molecule has 98 valence electrons. The predicted octanol–water partition coefficient (Wildman–Crippen LogP) is 2.77. The van der Waals surface area contributed by atoms with E-state index in [1.54, 1.807) is 7.11 Å². The Morgan fingerprint density at radius 1 is 1.17 bits per heavy atom. The highest BCUT2D eigenvalue weighted by Crippen LogP contribution is 2.16. The molecule has 0 saturated heterocycles. The molecular weight excluding hydrogens is 226 g/mol. The number of nitrogens with one attached hydrogen (secondary N) is 1. The molecule has 0 aromatic heterocycles. The van der Waals surface area contributed by atoms with Gasteiger partial charge >= 0.3 is 0 Å². The summed E-state index contributed by atoms with van der Waals surface area (Å²) in [5.41, 5.74) is 0. The normalized spacial score (nSPS) is 18.6. The maximum Gasteiger partial charge on any atom is 0.119 e. The lowest BCUT2D eigenvalue weighted by Crippen LogP contribution is -2.33. The molecule has 3 nitrogen and oxygen atoms in total. The van der Waals surface area contributed by atoms with Gasteiger partial charge in [0.25, 0.3) is 0 Å². The first-order chi connectivity index (χ1) is 8.88. The van der Waals surface area contributed by atoms with Gasteiger partial charge in [-0.15, -0.1) is 0 Å². The Morgan fingerprint density at radius 2 is 1.94 bits per heavy atom. The van der Waals surface area contributed by atoms with Crippen molar-refractivity contribution in [3.63, 3.8) is 0 Å². The Balaban J connectivity index is 1.63. The summed E-state index contributed by atoms with van der Waals surface area (Å²) in [5, 5.41) is 3.51. The van der Waals surface area contributed by atoms with Gasteiger partial charge in [0.2, 0.25) is 0 Å². The van der Waals surface area contributed by atoms with Crippen LogP contribution < -0.4 is 14.8 Å². The van der Waals surface area contributed by atoms with Crippen molar-refractivity contribution in [2.45, 2.75) is 25.3 Å². The van der Waals surface area contributed by atoms with Crippen LogP contribution in [0.2, 0.25) is 0 Å². The number of benzene rings is 1. The molecule has 1 aromatic rings. The number of hydrogen-bond donors (Lipinski definition) is 1. The van der Waals surface area contributed by atoms with Crippen LogP contribution in [0.25, 0.3) is 0 Å². The fraction of sp³-hybridized carbons (Fsp3) is 0.467. The number of allylic oxidation sites excluding steroid dienone is 1. The van der Waals surface area contributed by atoms with Gasteiger partial charge in [-0.2, -0.15) is 0 Å². The lowest BCUT2D eigenvalue weighted by atomic mass is 10.0. The van der Waals surface area contributed by atoms with Crippen LogP contribution in [0.15, 0.2) is 36.4 Å². The van der Waals surface area contributed by atoms with E-state index in [-0.39, 0.29) is 0 Å². The van der Waals surface area contributed by atoms with Crippen molar-refractivity contribution in [3.8, 4) is 11.5 Å². The Bertz CT molecular complexity index is 373. The van der Waals surface area contributed by atoms with Crippen LogP contribution in [0.5, 0.6) is 11.5 Å². The van der Waals surface area contributed by atoms with Crippen molar-refractivity contribution < 1.29 is 9.47 Å². The molecule has 1 aromatic carbocycles. The first-order valence-corrected chi connectivity index (χ1v) is 6.54. The smallest absolute Gasteiger partial charge is 0.119 e. The third-order valence-electron chi connectivity index (χ3n) is 3.13. The molecule has 0 aliphatic heterocycles. The van der Waals surface area contributed by atoms with Gasteiger partial charge in [-0.25, -0.2) is 0 Å². The summed E-state index contributed by atoms with van der Waals surface area (Å²) in [4.78, 5) is 0. The SMILES string of the molecule is COc1ccc(OCCNC2CC=CCC2)cc1. The molecule has 0 amide bonds. The van der Waals surface area contributed by atoms with Crippen LogP contribution in [-0.2, 0) is 0 Å². The van der Waals surface area contributed by atoms with Gasteiger partial charge in [0.15, 0.2) is 0 Å². The maximum atomic E-state index is 5.66. The summed E-state index contributed by atoms with van der Waals surface area (Å²) >= 11 is 0. The van der Waals surface area contributed by atoms with Gasteiger partial charge in [0.05, 0.1) is 7.11 Å². The van der Waals surface area contributed by atoms with Crippen LogP contribution in [0.4, 0.5) is 0 Å². The molecule has 1 N–H and O–H groups in total. The van der Waals surface area contributed by atoms with Gasteiger partial charge in [-0.05, 0) is 43.5 Å². The molecule has 0 saturated carbocycles. The molecule has 0 fully saturated rings. The van der Waals surface area contributed by atoms with Crippen molar-refractivity contribution in [3.05, 3.63) is 36.4 Å². The fourth-order valence-corrected chi connectivity index (χ4v) is 2.08. The quantitative estimate of drug-likeness (QED) is 0.619. The van der Waals surface area contributed by atoms with E-state index in [4.69, 9.17) is 9.47 Å². The molecule has 0 bridgehead atoms. The number of hydrogen-bond acceptors (Lipinski definition) is 3. The average molecular weight is 247 g/mol. The number of ether oxygens (including phenoxy) is 2. The molecule has 18 heavy (non-hydrogen) atoms. The second-order valence-corrected chi connectivity index (χ2v) is 4.46. The van der Waals surface area contributed by atoms with E-state index in [1.165, 1.54) is 12.8 Å². The van der Waals surface area contributed by atoms with E-state index in [0.717, 1.165) is 24.5 Å². The minimum atomic E-state index is 0.620. The largest absolute Gasteiger partial charge is 0.497 e. The monoisotopic (exact) mass is 247 g/mol. The molecule has 3 heteroatoms. The van der Waals surface area contributed by atoms with Crippen molar-refractivity contribution in [1.82, 2.24) is 5.32 Å². The molecular formula is C15H21NO2. The Labute approximate surface area is 109 Å². The lowest BCUT2D eigenvalue weighted by Gasteiger charge is -2.19. The number of methoxy groups -OCH3 is 1. The van der Waals surface area contributed by atoms with E-state index in [0.29, 0.717) is 12.6 Å². The van der Waals surface area contributed by atoms with Crippen LogP contribution in [0, 0.1) is 0 Å². The highest BCUT2D eigenvalue weighted by molar-refractivity contribution is 5.31. The van der Waals surface area contributed by atoms with E-state index in [2.05, 4.69) is 17.5 Å². The van der Waals surface area contributed by atoms with Crippen LogP contribution in [0.1, 0.15) is 19.3 Å². The summed E-state index contributed by atoms with van der Waals surface area (Å²) in [7, 11) is 1.67. The summed E-state index contributed by atoms with van der Waals surface area (Å²) in [6, 6.07) is 8.31. The molecule has 2 rings (SSSR count). The third-order valence-corrected chi connectivity index (χ3v) is 3.13. The summed E-state index contributed by atoms with van der Waals surface area (Å²) in [5.74, 6) is 1.75. The van der Waals surface area contributed by atoms with Crippen LogP contribution in [-0.4, -0.2) is 26.3 Å². The van der Waals surface area contributed by atoms with Gasteiger partial charge in [0.1, 0.15) is 18.1 Å². The molecule has 0 heterocycles.